The molecule has 3 aromatic rings. The molecular weight excluding hydrogens is 413 g/mol. The fourth-order valence-corrected chi connectivity index (χ4v) is 3.93. The number of ether oxygens (including phenoxy) is 2. The van der Waals surface area contributed by atoms with E-state index in [0.717, 1.165) is 31.2 Å². The lowest BCUT2D eigenvalue weighted by molar-refractivity contribution is -0.0563. The highest BCUT2D eigenvalue weighted by Gasteiger charge is 2.24. The number of carbonyl (C=O) groups is 1. The Labute approximate surface area is 186 Å². The van der Waals surface area contributed by atoms with E-state index in [4.69, 9.17) is 13.9 Å². The van der Waals surface area contributed by atoms with Gasteiger partial charge in [0, 0.05) is 5.56 Å². The molecule has 6 nitrogen and oxygen atoms in total. The van der Waals surface area contributed by atoms with Gasteiger partial charge >= 0.3 is 5.97 Å². The predicted octanol–water partition coefficient (Wildman–Crippen LogP) is 5.53. The van der Waals surface area contributed by atoms with Gasteiger partial charge in [-0.15, -0.1) is 0 Å². The molecule has 0 aliphatic heterocycles. The molecule has 0 spiro atoms. The van der Waals surface area contributed by atoms with Crippen molar-refractivity contribution in [1.29, 1.82) is 0 Å². The highest BCUT2D eigenvalue weighted by atomic mass is 19.1. The summed E-state index contributed by atoms with van der Waals surface area (Å²) in [4.78, 5) is 15.9. The molecule has 2 atom stereocenters. The van der Waals surface area contributed by atoms with Crippen LogP contribution in [0.4, 0.5) is 4.39 Å². The lowest BCUT2D eigenvalue weighted by Crippen LogP contribution is -2.28. The standard InChI is InChI=1S/C25H26FNO5/c1-16-5-6-18(23(11-16)25(28)29)13-30-21-3-2-4-22(12-21)31-14-20-15-32-24(27-20)17-7-9-19(26)10-8-17/h5-11,15,21-22H,2-4,12-14H2,1H3,(H,28,29). The number of oxazole rings is 1. The van der Waals surface area contributed by atoms with Gasteiger partial charge in [-0.3, -0.25) is 0 Å². The van der Waals surface area contributed by atoms with Gasteiger partial charge in [0.25, 0.3) is 0 Å². The molecule has 0 saturated heterocycles. The minimum absolute atomic E-state index is 0.0174. The van der Waals surface area contributed by atoms with E-state index in [2.05, 4.69) is 4.98 Å². The summed E-state index contributed by atoms with van der Waals surface area (Å²) in [5, 5.41) is 9.43. The van der Waals surface area contributed by atoms with Crippen LogP contribution in [-0.2, 0) is 22.7 Å². The second kappa shape index (κ2) is 10.1. The number of carboxylic acid groups (broad SMARTS) is 1. The Morgan fingerprint density at radius 3 is 2.56 bits per heavy atom. The van der Waals surface area contributed by atoms with Crippen LogP contribution in [0.25, 0.3) is 11.5 Å². The van der Waals surface area contributed by atoms with E-state index in [1.165, 1.54) is 12.1 Å². The largest absolute Gasteiger partial charge is 0.478 e. The van der Waals surface area contributed by atoms with E-state index >= 15 is 0 Å². The Kier molecular flexibility index (Phi) is 6.97. The van der Waals surface area contributed by atoms with Gasteiger partial charge in [-0.2, -0.15) is 0 Å². The summed E-state index contributed by atoms with van der Waals surface area (Å²) in [6, 6.07) is 11.4. The Morgan fingerprint density at radius 1 is 1.12 bits per heavy atom. The van der Waals surface area contributed by atoms with Crippen molar-refractivity contribution in [1.82, 2.24) is 4.98 Å². The molecular formula is C25H26FNO5. The minimum Gasteiger partial charge on any atom is -0.478 e. The van der Waals surface area contributed by atoms with Crippen LogP contribution in [-0.4, -0.2) is 28.3 Å². The Morgan fingerprint density at radius 2 is 1.84 bits per heavy atom. The van der Waals surface area contributed by atoms with Crippen LogP contribution in [0.15, 0.2) is 53.1 Å². The Balaban J connectivity index is 1.29. The molecule has 1 heterocycles. The zero-order chi connectivity index (χ0) is 22.5. The smallest absolute Gasteiger partial charge is 0.336 e. The van der Waals surface area contributed by atoms with Crippen molar-refractivity contribution in [2.24, 2.45) is 0 Å². The second-order valence-corrected chi connectivity index (χ2v) is 8.15. The molecule has 0 amide bonds. The fraction of sp³-hybridized carbons (Fsp3) is 0.360. The van der Waals surface area contributed by atoms with Gasteiger partial charge in [0.15, 0.2) is 0 Å². The lowest BCUT2D eigenvalue weighted by atomic mass is 9.94. The SMILES string of the molecule is Cc1ccc(COC2CCCC(OCc3coc(-c4ccc(F)cc4)n3)C2)c(C(=O)O)c1. The lowest BCUT2D eigenvalue weighted by Gasteiger charge is -2.29. The van der Waals surface area contributed by atoms with E-state index in [1.807, 2.05) is 19.1 Å². The first-order valence-corrected chi connectivity index (χ1v) is 10.7. The van der Waals surface area contributed by atoms with Crippen LogP contribution in [0.5, 0.6) is 0 Å². The zero-order valence-corrected chi connectivity index (χ0v) is 17.9. The van der Waals surface area contributed by atoms with Crippen molar-refractivity contribution < 1.29 is 28.2 Å². The third-order valence-corrected chi connectivity index (χ3v) is 5.66. The summed E-state index contributed by atoms with van der Waals surface area (Å²) >= 11 is 0. The molecule has 1 fully saturated rings. The van der Waals surface area contributed by atoms with Crippen LogP contribution in [0.2, 0.25) is 0 Å². The predicted molar refractivity (Wildman–Crippen MR) is 116 cm³/mol. The number of nitrogens with zero attached hydrogens (tertiary/aromatic N) is 1. The van der Waals surface area contributed by atoms with Gasteiger partial charge in [0.05, 0.1) is 31.0 Å². The van der Waals surface area contributed by atoms with Crippen molar-refractivity contribution in [3.05, 3.63) is 76.9 Å². The van der Waals surface area contributed by atoms with Gasteiger partial charge in [-0.25, -0.2) is 14.2 Å². The molecule has 7 heteroatoms. The van der Waals surface area contributed by atoms with Gasteiger partial charge in [0.1, 0.15) is 17.8 Å². The van der Waals surface area contributed by atoms with Gasteiger partial charge in [-0.05, 0) is 68.5 Å². The van der Waals surface area contributed by atoms with Crippen LogP contribution in [0, 0.1) is 12.7 Å². The second-order valence-electron chi connectivity index (χ2n) is 8.15. The number of rotatable bonds is 8. The van der Waals surface area contributed by atoms with Crippen molar-refractivity contribution in [2.75, 3.05) is 0 Å². The molecule has 1 aliphatic carbocycles. The molecule has 0 bridgehead atoms. The Hall–Kier alpha value is -3.03. The molecule has 2 aromatic carbocycles. The molecule has 2 unspecified atom stereocenters. The molecule has 1 aromatic heterocycles. The maximum absolute atomic E-state index is 13.1. The monoisotopic (exact) mass is 439 g/mol. The van der Waals surface area contributed by atoms with E-state index in [0.29, 0.717) is 29.3 Å². The van der Waals surface area contributed by atoms with Gasteiger partial charge in [-0.1, -0.05) is 17.7 Å². The average Bonchev–Trinajstić information content (AvgIpc) is 3.26. The normalized spacial score (nSPS) is 18.6. The molecule has 1 saturated carbocycles. The van der Waals surface area contributed by atoms with E-state index in [-0.39, 0.29) is 30.2 Å². The molecule has 1 N–H and O–H groups in total. The number of aromatic carboxylic acids is 1. The molecule has 168 valence electrons. The van der Waals surface area contributed by atoms with Crippen molar-refractivity contribution in [3.8, 4) is 11.5 Å². The summed E-state index contributed by atoms with van der Waals surface area (Å²) < 4.78 is 30.7. The van der Waals surface area contributed by atoms with Crippen LogP contribution in [0.3, 0.4) is 0 Å². The van der Waals surface area contributed by atoms with Gasteiger partial charge < -0.3 is 19.0 Å². The molecule has 1 aliphatic rings. The summed E-state index contributed by atoms with van der Waals surface area (Å²) in [7, 11) is 0. The fourth-order valence-electron chi connectivity index (χ4n) is 3.93. The first kappa shape index (κ1) is 22.2. The number of aromatic nitrogens is 1. The third-order valence-electron chi connectivity index (χ3n) is 5.66. The number of benzene rings is 2. The summed E-state index contributed by atoms with van der Waals surface area (Å²) in [6.45, 7) is 2.46. The third kappa shape index (κ3) is 5.60. The first-order valence-electron chi connectivity index (χ1n) is 10.7. The Bertz CT molecular complexity index is 1060. The summed E-state index contributed by atoms with van der Waals surface area (Å²) in [5.74, 6) is -0.815. The van der Waals surface area contributed by atoms with Gasteiger partial charge in [0.2, 0.25) is 5.89 Å². The maximum Gasteiger partial charge on any atom is 0.336 e. The number of hydrogen-bond acceptors (Lipinski definition) is 5. The van der Waals surface area contributed by atoms with E-state index in [9.17, 15) is 14.3 Å². The number of carboxylic acids is 1. The first-order chi connectivity index (χ1) is 15.5. The highest BCUT2D eigenvalue weighted by molar-refractivity contribution is 5.89. The summed E-state index contributed by atoms with van der Waals surface area (Å²) in [6.07, 6.45) is 5.20. The van der Waals surface area contributed by atoms with Crippen molar-refractivity contribution >= 4 is 5.97 Å². The average molecular weight is 439 g/mol. The van der Waals surface area contributed by atoms with Crippen molar-refractivity contribution in [3.63, 3.8) is 0 Å². The topological polar surface area (TPSA) is 81.8 Å². The zero-order valence-electron chi connectivity index (χ0n) is 17.9. The van der Waals surface area contributed by atoms with Crippen LogP contribution < -0.4 is 0 Å². The molecule has 32 heavy (non-hydrogen) atoms. The maximum atomic E-state index is 13.1. The number of aryl methyl sites for hydroxylation is 1. The molecule has 4 rings (SSSR count). The number of hydrogen-bond donors (Lipinski definition) is 1. The highest BCUT2D eigenvalue weighted by Crippen LogP contribution is 2.26. The van der Waals surface area contributed by atoms with Crippen LogP contribution in [0.1, 0.15) is 52.9 Å². The quantitative estimate of drug-likeness (QED) is 0.497. The summed E-state index contributed by atoms with van der Waals surface area (Å²) in [5.41, 5.74) is 3.27. The minimum atomic E-state index is -0.940. The van der Waals surface area contributed by atoms with E-state index in [1.54, 1.807) is 24.5 Å². The number of halogens is 1. The molecule has 0 radical (unpaired) electrons. The van der Waals surface area contributed by atoms with E-state index < -0.39 is 5.97 Å². The van der Waals surface area contributed by atoms with Crippen LogP contribution >= 0.6 is 0 Å². The van der Waals surface area contributed by atoms with Crippen molar-refractivity contribution in [2.45, 2.75) is 58.0 Å².